The summed E-state index contributed by atoms with van der Waals surface area (Å²) < 4.78 is 3.19. The van der Waals surface area contributed by atoms with E-state index in [2.05, 4.69) is 20.7 Å². The normalized spacial score (nSPS) is 17.5. The fourth-order valence-electron chi connectivity index (χ4n) is 3.82. The number of ether oxygens (including phenoxy) is 1. The van der Waals surface area contributed by atoms with Gasteiger partial charge in [0.05, 0.1) is 23.6 Å². The van der Waals surface area contributed by atoms with E-state index in [0.717, 1.165) is 0 Å². The highest BCUT2D eigenvalue weighted by Crippen LogP contribution is 2.65. The van der Waals surface area contributed by atoms with Crippen molar-refractivity contribution in [3.63, 3.8) is 0 Å². The summed E-state index contributed by atoms with van der Waals surface area (Å²) >= 11 is 31.3. The number of hydrogen-bond acceptors (Lipinski definition) is 4. The van der Waals surface area contributed by atoms with Crippen LogP contribution in [0.15, 0.2) is 60.7 Å². The van der Waals surface area contributed by atoms with Gasteiger partial charge in [0.25, 0.3) is 5.91 Å². The fourth-order valence-corrected chi connectivity index (χ4v) is 5.40. The van der Waals surface area contributed by atoms with Crippen LogP contribution in [0.4, 0.5) is 21.9 Å². The van der Waals surface area contributed by atoms with E-state index >= 15 is 0 Å². The largest absolute Gasteiger partial charge is 0.453 e. The van der Waals surface area contributed by atoms with Crippen molar-refractivity contribution in [3.8, 4) is 0 Å². The Morgan fingerprint density at radius 2 is 1.35 bits per heavy atom. The Kier molecular flexibility index (Phi) is 8.11. The predicted molar refractivity (Wildman–Crippen MR) is 148 cm³/mol. The van der Waals surface area contributed by atoms with E-state index in [1.165, 1.54) is 19.2 Å². The number of carbonyl (C=O) groups is 3. The molecule has 12 heteroatoms. The van der Waals surface area contributed by atoms with E-state index in [4.69, 9.17) is 58.0 Å². The predicted octanol–water partition coefficient (Wildman–Crippen LogP) is 7.60. The van der Waals surface area contributed by atoms with Crippen LogP contribution in [0.3, 0.4) is 0 Å². The molecule has 0 unspecified atom stereocenters. The molecule has 3 N–H and O–H groups in total. The minimum absolute atomic E-state index is 0.133. The van der Waals surface area contributed by atoms with Crippen molar-refractivity contribution in [2.45, 2.75) is 10.3 Å². The van der Waals surface area contributed by atoms with Gasteiger partial charge in [-0.2, -0.15) is 0 Å². The van der Waals surface area contributed by atoms with Crippen LogP contribution in [-0.2, 0) is 9.53 Å². The summed E-state index contributed by atoms with van der Waals surface area (Å²) in [5.41, 5.74) is 2.05. The average molecular weight is 602 g/mol. The van der Waals surface area contributed by atoms with E-state index in [1.807, 2.05) is 0 Å². The molecule has 2 atom stereocenters. The molecule has 1 aliphatic rings. The van der Waals surface area contributed by atoms with Gasteiger partial charge in [-0.25, -0.2) is 4.79 Å². The summed E-state index contributed by atoms with van der Waals surface area (Å²) in [4.78, 5) is 37.2. The first kappa shape index (κ1) is 27.4. The zero-order chi connectivity index (χ0) is 26.9. The highest BCUT2D eigenvalue weighted by Gasteiger charge is 2.67. The standard InChI is InChI=1S/C25H18Cl5N3O4/c1-37-24(36)33-16-4-2-15(3-5-16)31-22(34)18-11-17(6-7-19(18)28)32-23(35)21-20(25(21,29)30)12-8-13(26)10-14(27)9-12/h2-11,20-21H,1H3,(H,31,34)(H,32,35)(H,33,36)/t20-,21+/m0/s1. The lowest BCUT2D eigenvalue weighted by Gasteiger charge is -2.11. The number of halogens is 5. The van der Waals surface area contributed by atoms with Gasteiger partial charge in [0.15, 0.2) is 0 Å². The van der Waals surface area contributed by atoms with E-state index in [-0.39, 0.29) is 10.6 Å². The van der Waals surface area contributed by atoms with Crippen molar-refractivity contribution >= 4 is 93.0 Å². The maximum Gasteiger partial charge on any atom is 0.411 e. The molecule has 4 rings (SSSR count). The lowest BCUT2D eigenvalue weighted by atomic mass is 10.1. The number of benzene rings is 3. The third-order valence-corrected chi connectivity index (χ3v) is 7.34. The minimum atomic E-state index is -1.35. The lowest BCUT2D eigenvalue weighted by molar-refractivity contribution is -0.117. The van der Waals surface area contributed by atoms with Crippen LogP contribution in [0.25, 0.3) is 0 Å². The van der Waals surface area contributed by atoms with Crippen LogP contribution < -0.4 is 16.0 Å². The van der Waals surface area contributed by atoms with Crippen LogP contribution in [0.5, 0.6) is 0 Å². The number of methoxy groups -OCH3 is 1. The third kappa shape index (κ3) is 6.25. The molecule has 192 valence electrons. The Morgan fingerprint density at radius 1 is 0.784 bits per heavy atom. The molecule has 0 spiro atoms. The Morgan fingerprint density at radius 3 is 1.95 bits per heavy atom. The number of alkyl halides is 2. The Hall–Kier alpha value is -2.68. The number of hydrogen-bond donors (Lipinski definition) is 3. The molecule has 0 radical (unpaired) electrons. The number of amides is 3. The van der Waals surface area contributed by atoms with Crippen LogP contribution in [-0.4, -0.2) is 29.4 Å². The molecule has 7 nitrogen and oxygen atoms in total. The molecule has 1 saturated carbocycles. The molecule has 0 bridgehead atoms. The first-order valence-corrected chi connectivity index (χ1v) is 12.6. The highest BCUT2D eigenvalue weighted by molar-refractivity contribution is 6.53. The van der Waals surface area contributed by atoms with Crippen LogP contribution in [0.1, 0.15) is 21.8 Å². The van der Waals surface area contributed by atoms with Gasteiger partial charge in [-0.1, -0.05) is 34.8 Å². The van der Waals surface area contributed by atoms with Gasteiger partial charge >= 0.3 is 6.09 Å². The third-order valence-electron chi connectivity index (χ3n) is 5.63. The Balaban J connectivity index is 1.45. The van der Waals surface area contributed by atoms with Gasteiger partial charge < -0.3 is 15.4 Å². The molecule has 0 aromatic heterocycles. The van der Waals surface area contributed by atoms with Gasteiger partial charge in [-0.15, -0.1) is 23.2 Å². The van der Waals surface area contributed by atoms with Crippen molar-refractivity contribution in [1.82, 2.24) is 0 Å². The van der Waals surface area contributed by atoms with E-state index < -0.39 is 34.1 Å². The molecule has 1 fully saturated rings. The molecular formula is C25H18Cl5N3O4. The smallest absolute Gasteiger partial charge is 0.411 e. The SMILES string of the molecule is COC(=O)Nc1ccc(NC(=O)c2cc(NC(=O)[C@H]3[C@H](c4cc(Cl)cc(Cl)c4)C3(Cl)Cl)ccc2Cl)cc1. The molecule has 0 heterocycles. The number of carbonyl (C=O) groups excluding carboxylic acids is 3. The van der Waals surface area contributed by atoms with Crippen LogP contribution >= 0.6 is 58.0 Å². The topological polar surface area (TPSA) is 96.5 Å². The van der Waals surface area contributed by atoms with Crippen LogP contribution in [0, 0.1) is 5.92 Å². The second-order valence-electron chi connectivity index (χ2n) is 8.16. The van der Waals surface area contributed by atoms with Crippen molar-refractivity contribution in [3.05, 3.63) is 86.9 Å². The Bertz CT molecular complexity index is 1360. The van der Waals surface area contributed by atoms with Gasteiger partial charge in [0, 0.05) is 33.0 Å². The summed E-state index contributed by atoms with van der Waals surface area (Å²) in [6.45, 7) is 0. The molecule has 3 aromatic rings. The molecule has 0 saturated heterocycles. The molecule has 37 heavy (non-hydrogen) atoms. The summed E-state index contributed by atoms with van der Waals surface area (Å²) in [5, 5.41) is 8.95. The first-order valence-electron chi connectivity index (χ1n) is 10.7. The van der Waals surface area contributed by atoms with Gasteiger partial charge in [-0.3, -0.25) is 14.9 Å². The fraction of sp³-hybridized carbons (Fsp3) is 0.160. The second kappa shape index (κ2) is 11.0. The maximum atomic E-state index is 13.0. The molecular weight excluding hydrogens is 584 g/mol. The summed E-state index contributed by atoms with van der Waals surface area (Å²) in [5.74, 6) is -2.22. The molecule has 1 aliphatic carbocycles. The minimum Gasteiger partial charge on any atom is -0.453 e. The van der Waals surface area contributed by atoms with Gasteiger partial charge in [-0.05, 0) is 66.2 Å². The monoisotopic (exact) mass is 599 g/mol. The molecule has 0 aliphatic heterocycles. The highest BCUT2D eigenvalue weighted by atomic mass is 35.5. The summed E-state index contributed by atoms with van der Waals surface area (Å²) in [6, 6.07) is 15.8. The van der Waals surface area contributed by atoms with E-state index in [0.29, 0.717) is 32.7 Å². The van der Waals surface area contributed by atoms with Crippen molar-refractivity contribution in [2.75, 3.05) is 23.1 Å². The van der Waals surface area contributed by atoms with E-state index in [1.54, 1.807) is 48.5 Å². The summed E-state index contributed by atoms with van der Waals surface area (Å²) in [7, 11) is 1.25. The zero-order valence-electron chi connectivity index (χ0n) is 19.0. The van der Waals surface area contributed by atoms with E-state index in [9.17, 15) is 14.4 Å². The average Bonchev–Trinajstić information content (AvgIpc) is 3.42. The molecule has 3 aromatic carbocycles. The number of rotatable bonds is 6. The molecule has 3 amide bonds. The van der Waals surface area contributed by atoms with Crippen molar-refractivity contribution in [2.24, 2.45) is 5.92 Å². The van der Waals surface area contributed by atoms with Crippen molar-refractivity contribution in [1.29, 1.82) is 0 Å². The second-order valence-corrected chi connectivity index (χ2v) is 10.9. The number of nitrogens with one attached hydrogen (secondary N) is 3. The number of anilines is 3. The van der Waals surface area contributed by atoms with Gasteiger partial charge in [0.1, 0.15) is 4.33 Å². The van der Waals surface area contributed by atoms with Crippen LogP contribution in [0.2, 0.25) is 15.1 Å². The zero-order valence-corrected chi connectivity index (χ0v) is 22.7. The first-order chi connectivity index (χ1) is 17.5. The maximum absolute atomic E-state index is 13.0. The summed E-state index contributed by atoms with van der Waals surface area (Å²) in [6.07, 6.45) is -0.614. The Labute approximate surface area is 237 Å². The van der Waals surface area contributed by atoms with Crippen molar-refractivity contribution < 1.29 is 19.1 Å². The lowest BCUT2D eigenvalue weighted by Crippen LogP contribution is -2.18. The van der Waals surface area contributed by atoms with Gasteiger partial charge in [0.2, 0.25) is 5.91 Å². The quantitative estimate of drug-likeness (QED) is 0.254.